The molecule has 2 N–H and O–H groups in total. The van der Waals surface area contributed by atoms with E-state index in [2.05, 4.69) is 10.6 Å². The van der Waals surface area contributed by atoms with Crippen LogP contribution in [-0.2, 0) is 9.59 Å². The third-order valence-corrected chi connectivity index (χ3v) is 2.41. The summed E-state index contributed by atoms with van der Waals surface area (Å²) in [5, 5.41) is 5.57. The Balaban J connectivity index is 2.46. The zero-order valence-electron chi connectivity index (χ0n) is 8.67. The first-order valence-electron chi connectivity index (χ1n) is 4.88. The van der Waals surface area contributed by atoms with Crippen molar-refractivity contribution in [3.63, 3.8) is 0 Å². The molecular weight excluding hydrogens is 182 g/mol. The summed E-state index contributed by atoms with van der Waals surface area (Å²) in [6.07, 6.45) is 0.875. The number of hydrogen-bond acceptors (Lipinski definition) is 3. The van der Waals surface area contributed by atoms with Crippen molar-refractivity contribution in [1.29, 1.82) is 0 Å². The molecule has 0 aromatic heterocycles. The van der Waals surface area contributed by atoms with Crippen molar-refractivity contribution >= 4 is 11.8 Å². The van der Waals surface area contributed by atoms with Crippen LogP contribution in [0.2, 0.25) is 0 Å². The Bertz CT molecular complexity index is 230. The molecule has 80 valence electrons. The summed E-state index contributed by atoms with van der Waals surface area (Å²) in [6.45, 7) is 3.40. The summed E-state index contributed by atoms with van der Waals surface area (Å²) in [5.41, 5.74) is 0. The van der Waals surface area contributed by atoms with Crippen LogP contribution in [0.15, 0.2) is 0 Å². The first kappa shape index (κ1) is 11.0. The average Bonchev–Trinajstić information content (AvgIpc) is 2.18. The van der Waals surface area contributed by atoms with E-state index in [1.54, 1.807) is 11.8 Å². The number of carbonyl (C=O) groups excluding carboxylic acids is 2. The van der Waals surface area contributed by atoms with Crippen LogP contribution in [0, 0.1) is 0 Å². The molecule has 1 rings (SSSR count). The predicted octanol–water partition coefficient (Wildman–Crippen LogP) is -1.06. The summed E-state index contributed by atoms with van der Waals surface area (Å²) >= 11 is 0. The molecule has 0 bridgehead atoms. The molecule has 0 aliphatic carbocycles. The third-order valence-electron chi connectivity index (χ3n) is 2.41. The van der Waals surface area contributed by atoms with Crippen molar-refractivity contribution in [2.45, 2.75) is 19.4 Å². The number of carbonyl (C=O) groups is 2. The standard InChI is InChI=1S/C9H17N3O2/c1-7-9(14)11-6-8(13)12(7)5-3-4-10-2/h7,10H,3-6H2,1-2H3,(H,11,14). The summed E-state index contributed by atoms with van der Waals surface area (Å²) < 4.78 is 0. The van der Waals surface area contributed by atoms with Crippen LogP contribution < -0.4 is 10.6 Å². The molecule has 5 heteroatoms. The van der Waals surface area contributed by atoms with Gasteiger partial charge in [0.25, 0.3) is 0 Å². The first-order chi connectivity index (χ1) is 6.66. The van der Waals surface area contributed by atoms with Gasteiger partial charge in [0.15, 0.2) is 0 Å². The van der Waals surface area contributed by atoms with Gasteiger partial charge in [-0.25, -0.2) is 0 Å². The van der Waals surface area contributed by atoms with Crippen molar-refractivity contribution in [2.24, 2.45) is 0 Å². The average molecular weight is 199 g/mol. The molecule has 0 aromatic carbocycles. The lowest BCUT2D eigenvalue weighted by Gasteiger charge is -2.32. The van der Waals surface area contributed by atoms with E-state index in [1.165, 1.54) is 0 Å². The first-order valence-corrected chi connectivity index (χ1v) is 4.88. The lowest BCUT2D eigenvalue weighted by Crippen LogP contribution is -2.57. The van der Waals surface area contributed by atoms with Crippen molar-refractivity contribution in [2.75, 3.05) is 26.7 Å². The summed E-state index contributed by atoms with van der Waals surface area (Å²) in [7, 11) is 1.87. The molecule has 2 amide bonds. The van der Waals surface area contributed by atoms with Gasteiger partial charge >= 0.3 is 0 Å². The monoisotopic (exact) mass is 199 g/mol. The van der Waals surface area contributed by atoms with Gasteiger partial charge in [0.1, 0.15) is 6.04 Å². The lowest BCUT2D eigenvalue weighted by molar-refractivity contribution is -0.144. The predicted molar refractivity (Wildman–Crippen MR) is 52.7 cm³/mol. The second kappa shape index (κ2) is 4.95. The molecule has 0 saturated carbocycles. The van der Waals surface area contributed by atoms with E-state index in [4.69, 9.17) is 0 Å². The molecule has 0 radical (unpaired) electrons. The number of nitrogens with one attached hydrogen (secondary N) is 2. The SMILES string of the molecule is CNCCCN1C(=O)CNC(=O)C1C. The zero-order chi connectivity index (χ0) is 10.6. The highest BCUT2D eigenvalue weighted by Gasteiger charge is 2.29. The van der Waals surface area contributed by atoms with E-state index in [0.29, 0.717) is 6.54 Å². The quantitative estimate of drug-likeness (QED) is 0.568. The van der Waals surface area contributed by atoms with E-state index < -0.39 is 0 Å². The van der Waals surface area contributed by atoms with Gasteiger partial charge in [0.2, 0.25) is 11.8 Å². The summed E-state index contributed by atoms with van der Waals surface area (Å²) in [4.78, 5) is 24.3. The molecule has 1 fully saturated rings. The van der Waals surface area contributed by atoms with Crippen LogP contribution in [0.1, 0.15) is 13.3 Å². The highest BCUT2D eigenvalue weighted by molar-refractivity contribution is 5.94. The maximum Gasteiger partial charge on any atom is 0.242 e. The lowest BCUT2D eigenvalue weighted by atomic mass is 10.2. The van der Waals surface area contributed by atoms with Gasteiger partial charge in [-0.3, -0.25) is 9.59 Å². The van der Waals surface area contributed by atoms with E-state index in [1.807, 2.05) is 7.05 Å². The van der Waals surface area contributed by atoms with Gasteiger partial charge in [-0.2, -0.15) is 0 Å². The van der Waals surface area contributed by atoms with Gasteiger partial charge in [0, 0.05) is 6.54 Å². The zero-order valence-corrected chi connectivity index (χ0v) is 8.67. The number of piperazine rings is 1. The minimum atomic E-state index is -0.326. The minimum Gasteiger partial charge on any atom is -0.345 e. The largest absolute Gasteiger partial charge is 0.345 e. The van der Waals surface area contributed by atoms with Crippen molar-refractivity contribution in [3.8, 4) is 0 Å². The fraction of sp³-hybridized carbons (Fsp3) is 0.778. The van der Waals surface area contributed by atoms with E-state index in [-0.39, 0.29) is 24.4 Å². The Kier molecular flexibility index (Phi) is 3.88. The topological polar surface area (TPSA) is 61.4 Å². The maximum absolute atomic E-state index is 11.4. The molecular formula is C9H17N3O2. The van der Waals surface area contributed by atoms with Gasteiger partial charge in [0.05, 0.1) is 6.54 Å². The Hall–Kier alpha value is -1.10. The molecule has 1 aliphatic heterocycles. The Morgan fingerprint density at radius 1 is 1.57 bits per heavy atom. The van der Waals surface area contributed by atoms with Gasteiger partial charge in [-0.15, -0.1) is 0 Å². The third kappa shape index (κ3) is 2.45. The molecule has 1 saturated heterocycles. The molecule has 0 spiro atoms. The molecule has 1 heterocycles. The Morgan fingerprint density at radius 2 is 2.29 bits per heavy atom. The van der Waals surface area contributed by atoms with Crippen LogP contribution in [0.25, 0.3) is 0 Å². The second-order valence-electron chi connectivity index (χ2n) is 3.44. The van der Waals surface area contributed by atoms with Crippen molar-refractivity contribution in [3.05, 3.63) is 0 Å². The summed E-state index contributed by atoms with van der Waals surface area (Å²) in [6, 6.07) is -0.326. The van der Waals surface area contributed by atoms with Gasteiger partial charge in [-0.05, 0) is 26.9 Å². The Labute approximate surface area is 83.8 Å². The van der Waals surface area contributed by atoms with Gasteiger partial charge in [-0.1, -0.05) is 0 Å². The van der Waals surface area contributed by atoms with E-state index in [0.717, 1.165) is 13.0 Å². The Morgan fingerprint density at radius 3 is 2.93 bits per heavy atom. The number of rotatable bonds is 4. The summed E-state index contributed by atoms with van der Waals surface area (Å²) in [5.74, 6) is -0.0535. The smallest absolute Gasteiger partial charge is 0.242 e. The maximum atomic E-state index is 11.4. The fourth-order valence-corrected chi connectivity index (χ4v) is 1.51. The number of nitrogens with zero attached hydrogens (tertiary/aromatic N) is 1. The van der Waals surface area contributed by atoms with E-state index in [9.17, 15) is 9.59 Å². The molecule has 1 unspecified atom stereocenters. The highest BCUT2D eigenvalue weighted by Crippen LogP contribution is 2.05. The normalized spacial score (nSPS) is 22.4. The number of amides is 2. The molecule has 5 nitrogen and oxygen atoms in total. The molecule has 14 heavy (non-hydrogen) atoms. The minimum absolute atomic E-state index is 0.00760. The second-order valence-corrected chi connectivity index (χ2v) is 3.44. The number of hydrogen-bond donors (Lipinski definition) is 2. The molecule has 0 aromatic rings. The van der Waals surface area contributed by atoms with Crippen molar-refractivity contribution < 1.29 is 9.59 Å². The molecule has 1 atom stereocenters. The van der Waals surface area contributed by atoms with Crippen LogP contribution in [0.5, 0.6) is 0 Å². The highest BCUT2D eigenvalue weighted by atomic mass is 16.2. The van der Waals surface area contributed by atoms with Gasteiger partial charge < -0.3 is 15.5 Å². The van der Waals surface area contributed by atoms with Crippen LogP contribution in [0.4, 0.5) is 0 Å². The fourth-order valence-electron chi connectivity index (χ4n) is 1.51. The van der Waals surface area contributed by atoms with Crippen LogP contribution >= 0.6 is 0 Å². The van der Waals surface area contributed by atoms with Crippen LogP contribution in [-0.4, -0.2) is 49.4 Å². The van der Waals surface area contributed by atoms with Crippen LogP contribution in [0.3, 0.4) is 0 Å². The molecule has 1 aliphatic rings. The van der Waals surface area contributed by atoms with Crippen molar-refractivity contribution in [1.82, 2.24) is 15.5 Å². The van der Waals surface area contributed by atoms with E-state index >= 15 is 0 Å².